The van der Waals surface area contributed by atoms with E-state index in [1.165, 1.54) is 16.2 Å². The molecule has 3 heterocycles. The maximum Gasteiger partial charge on any atom is 0.251 e. The molecule has 1 aromatic heterocycles. The lowest BCUT2D eigenvalue weighted by molar-refractivity contribution is -0.115. The van der Waals surface area contributed by atoms with Crippen molar-refractivity contribution in [1.29, 1.82) is 0 Å². The molecule has 0 aromatic carbocycles. The number of thiophene rings is 1. The molecule has 1 aliphatic carbocycles. The molecular formula is C17H20N4O2S2. The second-order valence-electron chi connectivity index (χ2n) is 6.69. The fourth-order valence-electron chi connectivity index (χ4n) is 3.55. The van der Waals surface area contributed by atoms with Crippen molar-refractivity contribution in [2.24, 2.45) is 16.6 Å². The molecule has 3 N–H and O–H groups in total. The number of nitrogens with zero attached hydrogens (tertiary/aromatic N) is 2. The SMILES string of the molecule is CC1CCc2c(sc(NC(=O)CC3=CSC4=NCCN34)c2C(N)=O)C1. The minimum Gasteiger partial charge on any atom is -0.365 e. The molecule has 25 heavy (non-hydrogen) atoms. The fourth-order valence-corrected chi connectivity index (χ4v) is 5.94. The van der Waals surface area contributed by atoms with Gasteiger partial charge in [0, 0.05) is 17.1 Å². The summed E-state index contributed by atoms with van der Waals surface area (Å²) < 4.78 is 0. The second kappa shape index (κ2) is 6.49. The van der Waals surface area contributed by atoms with Crippen molar-refractivity contribution in [3.8, 4) is 0 Å². The fraction of sp³-hybridized carbons (Fsp3) is 0.471. The zero-order chi connectivity index (χ0) is 17.6. The third-order valence-electron chi connectivity index (χ3n) is 4.80. The van der Waals surface area contributed by atoms with Crippen LogP contribution in [0.15, 0.2) is 16.1 Å². The highest BCUT2D eigenvalue weighted by Crippen LogP contribution is 2.39. The first-order valence-electron chi connectivity index (χ1n) is 8.45. The van der Waals surface area contributed by atoms with Crippen LogP contribution in [0.1, 0.15) is 40.6 Å². The van der Waals surface area contributed by atoms with Gasteiger partial charge in [0.05, 0.1) is 18.5 Å². The van der Waals surface area contributed by atoms with Crippen molar-refractivity contribution < 1.29 is 9.59 Å². The topological polar surface area (TPSA) is 87.8 Å². The molecule has 2 aliphatic heterocycles. The summed E-state index contributed by atoms with van der Waals surface area (Å²) in [6, 6.07) is 0. The summed E-state index contributed by atoms with van der Waals surface area (Å²) in [7, 11) is 0. The van der Waals surface area contributed by atoms with E-state index in [0.29, 0.717) is 16.5 Å². The van der Waals surface area contributed by atoms with Gasteiger partial charge < -0.3 is 16.0 Å². The van der Waals surface area contributed by atoms with E-state index in [4.69, 9.17) is 5.73 Å². The van der Waals surface area contributed by atoms with Crippen LogP contribution in [0.25, 0.3) is 0 Å². The van der Waals surface area contributed by atoms with Gasteiger partial charge in [0.2, 0.25) is 5.91 Å². The summed E-state index contributed by atoms with van der Waals surface area (Å²) in [6.07, 6.45) is 3.14. The van der Waals surface area contributed by atoms with Crippen molar-refractivity contribution in [3.05, 3.63) is 27.1 Å². The van der Waals surface area contributed by atoms with E-state index in [-0.39, 0.29) is 12.3 Å². The Morgan fingerprint density at radius 1 is 1.48 bits per heavy atom. The van der Waals surface area contributed by atoms with E-state index in [1.807, 2.05) is 5.41 Å². The predicted octanol–water partition coefficient (Wildman–Crippen LogP) is 2.56. The summed E-state index contributed by atoms with van der Waals surface area (Å²) in [6.45, 7) is 3.83. The van der Waals surface area contributed by atoms with E-state index in [1.54, 1.807) is 11.8 Å². The van der Waals surface area contributed by atoms with Gasteiger partial charge in [0.25, 0.3) is 5.91 Å². The largest absolute Gasteiger partial charge is 0.365 e. The van der Waals surface area contributed by atoms with Crippen LogP contribution in [-0.4, -0.2) is 35.0 Å². The Bertz CT molecular complexity index is 812. The number of amidine groups is 1. The van der Waals surface area contributed by atoms with Crippen LogP contribution in [-0.2, 0) is 17.6 Å². The average Bonchev–Trinajstić information content (AvgIpc) is 3.22. The number of rotatable bonds is 4. The Hall–Kier alpha value is -1.80. The Balaban J connectivity index is 1.51. The van der Waals surface area contributed by atoms with E-state index in [0.717, 1.165) is 48.8 Å². The first kappa shape index (κ1) is 16.7. The number of carbonyl (C=O) groups excluding carboxylic acids is 2. The standard InChI is InChI=1S/C17H20N4O2S2/c1-9-2-3-11-12(6-9)25-16(14(11)15(18)23)20-13(22)7-10-8-24-17-19-4-5-21(10)17/h8-9H,2-7H2,1H3,(H2,18,23)(H,20,22). The molecule has 1 unspecified atom stereocenters. The lowest BCUT2D eigenvalue weighted by Gasteiger charge is -2.18. The zero-order valence-electron chi connectivity index (χ0n) is 14.0. The van der Waals surface area contributed by atoms with E-state index in [9.17, 15) is 9.59 Å². The Labute approximate surface area is 154 Å². The summed E-state index contributed by atoms with van der Waals surface area (Å²) in [5.41, 5.74) is 8.12. The molecule has 0 fully saturated rings. The molecule has 0 saturated carbocycles. The number of amides is 2. The minimum atomic E-state index is -0.452. The number of hydrogen-bond acceptors (Lipinski definition) is 6. The monoisotopic (exact) mass is 376 g/mol. The van der Waals surface area contributed by atoms with Gasteiger partial charge in [0.15, 0.2) is 5.17 Å². The molecule has 0 radical (unpaired) electrons. The first-order valence-corrected chi connectivity index (χ1v) is 10.1. The van der Waals surface area contributed by atoms with Crippen molar-refractivity contribution in [3.63, 3.8) is 0 Å². The van der Waals surface area contributed by atoms with Crippen LogP contribution in [0.2, 0.25) is 0 Å². The lowest BCUT2D eigenvalue weighted by Crippen LogP contribution is -2.25. The molecule has 1 atom stereocenters. The highest BCUT2D eigenvalue weighted by molar-refractivity contribution is 8.16. The van der Waals surface area contributed by atoms with Gasteiger partial charge in [0.1, 0.15) is 5.00 Å². The number of thioether (sulfide) groups is 1. The van der Waals surface area contributed by atoms with Crippen LogP contribution in [0, 0.1) is 5.92 Å². The minimum absolute atomic E-state index is 0.117. The molecular weight excluding hydrogens is 356 g/mol. The number of fused-ring (bicyclic) bond motifs is 2. The molecule has 0 saturated heterocycles. The number of hydrogen-bond donors (Lipinski definition) is 2. The lowest BCUT2D eigenvalue weighted by atomic mass is 9.88. The Morgan fingerprint density at radius 2 is 2.32 bits per heavy atom. The number of primary amides is 1. The van der Waals surface area contributed by atoms with Gasteiger partial charge in [-0.2, -0.15) is 0 Å². The average molecular weight is 377 g/mol. The smallest absolute Gasteiger partial charge is 0.251 e. The van der Waals surface area contributed by atoms with E-state index >= 15 is 0 Å². The van der Waals surface area contributed by atoms with Crippen molar-refractivity contribution in [1.82, 2.24) is 4.90 Å². The summed E-state index contributed by atoms with van der Waals surface area (Å²) in [4.78, 5) is 32.1. The van der Waals surface area contributed by atoms with Crippen molar-refractivity contribution in [2.75, 3.05) is 18.4 Å². The molecule has 3 aliphatic rings. The molecule has 2 amide bonds. The highest BCUT2D eigenvalue weighted by Gasteiger charge is 2.30. The molecule has 132 valence electrons. The number of nitrogens with two attached hydrogens (primary N) is 1. The van der Waals surface area contributed by atoms with Crippen LogP contribution >= 0.6 is 23.1 Å². The summed E-state index contributed by atoms with van der Waals surface area (Å²) in [5, 5.41) is 6.50. The number of aliphatic imine (C=N–C) groups is 1. The quantitative estimate of drug-likeness (QED) is 0.845. The van der Waals surface area contributed by atoms with Crippen LogP contribution in [0.3, 0.4) is 0 Å². The third kappa shape index (κ3) is 3.08. The van der Waals surface area contributed by atoms with Crippen LogP contribution in [0.4, 0.5) is 5.00 Å². The van der Waals surface area contributed by atoms with Gasteiger partial charge in [-0.3, -0.25) is 14.6 Å². The molecule has 6 nitrogen and oxygen atoms in total. The van der Waals surface area contributed by atoms with Gasteiger partial charge in [-0.05, 0) is 36.2 Å². The van der Waals surface area contributed by atoms with Crippen molar-refractivity contribution in [2.45, 2.75) is 32.6 Å². The second-order valence-corrected chi connectivity index (χ2v) is 8.63. The van der Waals surface area contributed by atoms with Gasteiger partial charge in [-0.25, -0.2) is 0 Å². The Morgan fingerprint density at radius 3 is 3.12 bits per heavy atom. The number of carbonyl (C=O) groups is 2. The molecule has 0 bridgehead atoms. The first-order chi connectivity index (χ1) is 12.0. The zero-order valence-corrected chi connectivity index (χ0v) is 15.6. The molecule has 4 rings (SSSR count). The summed E-state index contributed by atoms with van der Waals surface area (Å²) >= 11 is 3.07. The van der Waals surface area contributed by atoms with Crippen LogP contribution in [0.5, 0.6) is 0 Å². The van der Waals surface area contributed by atoms with Crippen LogP contribution < -0.4 is 11.1 Å². The third-order valence-corrected chi connectivity index (χ3v) is 6.92. The normalized spacial score (nSPS) is 21.5. The van der Waals surface area contributed by atoms with Gasteiger partial charge in [-0.15, -0.1) is 11.3 Å². The van der Waals surface area contributed by atoms with Gasteiger partial charge in [-0.1, -0.05) is 18.7 Å². The molecule has 8 heteroatoms. The highest BCUT2D eigenvalue weighted by atomic mass is 32.2. The van der Waals surface area contributed by atoms with Crippen molar-refractivity contribution >= 4 is 45.1 Å². The maximum atomic E-state index is 12.5. The Kier molecular flexibility index (Phi) is 4.33. The molecule has 0 spiro atoms. The number of anilines is 1. The van der Waals surface area contributed by atoms with E-state index < -0.39 is 5.91 Å². The molecule has 1 aromatic rings. The predicted molar refractivity (Wildman–Crippen MR) is 102 cm³/mol. The maximum absolute atomic E-state index is 12.5. The van der Waals surface area contributed by atoms with E-state index in [2.05, 4.69) is 22.1 Å². The number of nitrogens with one attached hydrogen (secondary N) is 1. The van der Waals surface area contributed by atoms with Gasteiger partial charge >= 0.3 is 0 Å². The summed E-state index contributed by atoms with van der Waals surface area (Å²) in [5.74, 6) is 0.0325.